The van der Waals surface area contributed by atoms with E-state index in [4.69, 9.17) is 11.5 Å². The van der Waals surface area contributed by atoms with Gasteiger partial charge < -0.3 is 11.5 Å². The van der Waals surface area contributed by atoms with Crippen LogP contribution in [-0.2, 0) is 9.59 Å². The number of carbonyl (C=O) groups excluding carboxylic acids is 2. The lowest BCUT2D eigenvalue weighted by atomic mass is 10.0. The maximum absolute atomic E-state index is 12.9. The molecular weight excluding hydrogens is 278 g/mol. The minimum atomic E-state index is -1.07. The van der Waals surface area contributed by atoms with Crippen molar-refractivity contribution >= 4 is 28.9 Å². The van der Waals surface area contributed by atoms with Crippen molar-refractivity contribution < 1.29 is 9.59 Å². The number of hydrogen-bond donors (Lipinski definition) is 2. The Morgan fingerprint density at radius 2 is 1.45 bits per heavy atom. The Labute approximate surface area is 128 Å². The van der Waals surface area contributed by atoms with Gasteiger partial charge in [-0.2, -0.15) is 0 Å². The molecular formula is C17H17N3O2. The largest absolute Gasteiger partial charge is 0.399 e. The highest BCUT2D eigenvalue weighted by molar-refractivity contribution is 6.16. The van der Waals surface area contributed by atoms with Crippen molar-refractivity contribution in [2.45, 2.75) is 12.8 Å². The van der Waals surface area contributed by atoms with E-state index in [0.29, 0.717) is 29.9 Å². The molecule has 5 heteroatoms. The van der Waals surface area contributed by atoms with Crippen molar-refractivity contribution in [3.8, 4) is 0 Å². The van der Waals surface area contributed by atoms with E-state index in [1.54, 1.807) is 24.3 Å². The van der Waals surface area contributed by atoms with E-state index < -0.39 is 11.3 Å². The van der Waals surface area contributed by atoms with Gasteiger partial charge in [-0.05, 0) is 49.2 Å². The van der Waals surface area contributed by atoms with Gasteiger partial charge in [0.15, 0.2) is 0 Å². The van der Waals surface area contributed by atoms with Gasteiger partial charge >= 0.3 is 0 Å². The number of primary amides is 1. The van der Waals surface area contributed by atoms with Gasteiger partial charge in [0.1, 0.15) is 5.41 Å². The van der Waals surface area contributed by atoms with E-state index in [2.05, 4.69) is 0 Å². The molecule has 0 aliphatic heterocycles. The first-order valence-electron chi connectivity index (χ1n) is 7.10. The zero-order valence-electron chi connectivity index (χ0n) is 12.0. The molecule has 5 nitrogen and oxygen atoms in total. The second-order valence-electron chi connectivity index (χ2n) is 5.51. The first-order chi connectivity index (χ1) is 10.5. The van der Waals surface area contributed by atoms with Crippen LogP contribution in [0, 0.1) is 5.41 Å². The first kappa shape index (κ1) is 14.1. The van der Waals surface area contributed by atoms with Crippen LogP contribution in [0.4, 0.5) is 17.1 Å². The second kappa shape index (κ2) is 5.18. The van der Waals surface area contributed by atoms with Crippen molar-refractivity contribution in [1.29, 1.82) is 0 Å². The van der Waals surface area contributed by atoms with Crippen LogP contribution in [0.15, 0.2) is 54.6 Å². The third-order valence-corrected chi connectivity index (χ3v) is 4.00. The van der Waals surface area contributed by atoms with Gasteiger partial charge in [0.05, 0.1) is 0 Å². The van der Waals surface area contributed by atoms with Crippen molar-refractivity contribution in [3.05, 3.63) is 54.6 Å². The second-order valence-corrected chi connectivity index (χ2v) is 5.51. The van der Waals surface area contributed by atoms with Crippen LogP contribution in [0.1, 0.15) is 12.8 Å². The van der Waals surface area contributed by atoms with E-state index in [-0.39, 0.29) is 5.91 Å². The number of anilines is 3. The molecule has 22 heavy (non-hydrogen) atoms. The molecule has 0 aromatic heterocycles. The Morgan fingerprint density at radius 3 is 1.95 bits per heavy atom. The van der Waals surface area contributed by atoms with E-state index in [1.165, 1.54) is 4.90 Å². The zero-order valence-corrected chi connectivity index (χ0v) is 12.0. The summed E-state index contributed by atoms with van der Waals surface area (Å²) in [6, 6.07) is 16.2. The highest BCUT2D eigenvalue weighted by atomic mass is 16.2. The maximum Gasteiger partial charge on any atom is 0.247 e. The summed E-state index contributed by atoms with van der Waals surface area (Å²) in [7, 11) is 0. The third kappa shape index (κ3) is 2.30. The number of benzene rings is 2. The molecule has 0 radical (unpaired) electrons. The lowest BCUT2D eigenvalue weighted by molar-refractivity contribution is -0.133. The summed E-state index contributed by atoms with van der Waals surface area (Å²) in [6.07, 6.45) is 0.999. The fraction of sp³-hybridized carbons (Fsp3) is 0.176. The average molecular weight is 295 g/mol. The fourth-order valence-corrected chi connectivity index (χ4v) is 2.49. The Bertz CT molecular complexity index is 706. The number of para-hydroxylation sites is 1. The molecule has 2 amide bonds. The molecule has 3 rings (SSSR count). The summed E-state index contributed by atoms with van der Waals surface area (Å²) in [5.41, 5.74) is 12.1. The predicted octanol–water partition coefficient (Wildman–Crippen LogP) is 2.20. The Morgan fingerprint density at radius 1 is 0.909 bits per heavy atom. The number of hydrogen-bond acceptors (Lipinski definition) is 3. The third-order valence-electron chi connectivity index (χ3n) is 4.00. The lowest BCUT2D eigenvalue weighted by Gasteiger charge is -2.26. The highest BCUT2D eigenvalue weighted by Gasteiger charge is 2.57. The van der Waals surface area contributed by atoms with Gasteiger partial charge in [-0.1, -0.05) is 18.2 Å². The minimum absolute atomic E-state index is 0.282. The van der Waals surface area contributed by atoms with Crippen molar-refractivity contribution in [2.75, 3.05) is 10.6 Å². The molecule has 0 spiro atoms. The molecule has 1 aliphatic rings. The quantitative estimate of drug-likeness (QED) is 0.669. The molecule has 112 valence electrons. The zero-order chi connectivity index (χ0) is 15.7. The van der Waals surface area contributed by atoms with Gasteiger partial charge in [0, 0.05) is 17.1 Å². The molecule has 2 aromatic rings. The normalized spacial score (nSPS) is 15.1. The number of amides is 2. The van der Waals surface area contributed by atoms with Gasteiger partial charge in [-0.3, -0.25) is 14.5 Å². The highest BCUT2D eigenvalue weighted by Crippen LogP contribution is 2.48. The maximum atomic E-state index is 12.9. The van der Waals surface area contributed by atoms with Crippen LogP contribution >= 0.6 is 0 Å². The molecule has 4 N–H and O–H groups in total. The van der Waals surface area contributed by atoms with E-state index in [1.807, 2.05) is 30.3 Å². The Kier molecular flexibility index (Phi) is 3.33. The topological polar surface area (TPSA) is 89.4 Å². The number of nitrogens with zero attached hydrogens (tertiary/aromatic N) is 1. The molecule has 1 saturated carbocycles. The van der Waals surface area contributed by atoms with E-state index >= 15 is 0 Å². The van der Waals surface area contributed by atoms with Crippen LogP contribution in [0.5, 0.6) is 0 Å². The summed E-state index contributed by atoms with van der Waals surface area (Å²) >= 11 is 0. The summed E-state index contributed by atoms with van der Waals surface area (Å²) in [6.45, 7) is 0. The molecule has 1 aliphatic carbocycles. The molecule has 0 saturated heterocycles. The molecule has 0 bridgehead atoms. The Balaban J connectivity index is 2.06. The van der Waals surface area contributed by atoms with E-state index in [0.717, 1.165) is 0 Å². The predicted molar refractivity (Wildman–Crippen MR) is 85.3 cm³/mol. The summed E-state index contributed by atoms with van der Waals surface area (Å²) in [4.78, 5) is 26.2. The van der Waals surface area contributed by atoms with Gasteiger partial charge in [0.2, 0.25) is 11.8 Å². The smallest absolute Gasteiger partial charge is 0.247 e. The monoisotopic (exact) mass is 295 g/mol. The molecule has 0 unspecified atom stereocenters. The average Bonchev–Trinajstić information content (AvgIpc) is 3.32. The van der Waals surface area contributed by atoms with Gasteiger partial charge in [-0.25, -0.2) is 0 Å². The number of nitrogens with two attached hydrogens (primary N) is 2. The molecule has 0 heterocycles. The van der Waals surface area contributed by atoms with Crippen LogP contribution < -0.4 is 16.4 Å². The number of carbonyl (C=O) groups is 2. The van der Waals surface area contributed by atoms with Crippen molar-refractivity contribution in [1.82, 2.24) is 0 Å². The van der Waals surface area contributed by atoms with Crippen LogP contribution in [0.2, 0.25) is 0 Å². The van der Waals surface area contributed by atoms with Crippen molar-refractivity contribution in [2.24, 2.45) is 11.1 Å². The number of nitrogen functional groups attached to an aromatic ring is 1. The molecule has 1 fully saturated rings. The van der Waals surface area contributed by atoms with Crippen LogP contribution in [0.25, 0.3) is 0 Å². The molecule has 0 atom stereocenters. The summed E-state index contributed by atoms with van der Waals surface area (Å²) in [5, 5.41) is 0. The fourth-order valence-electron chi connectivity index (χ4n) is 2.49. The molecule has 2 aromatic carbocycles. The van der Waals surface area contributed by atoms with Crippen LogP contribution in [0.3, 0.4) is 0 Å². The summed E-state index contributed by atoms with van der Waals surface area (Å²) in [5.74, 6) is -0.843. The van der Waals surface area contributed by atoms with Crippen molar-refractivity contribution in [3.63, 3.8) is 0 Å². The van der Waals surface area contributed by atoms with E-state index in [9.17, 15) is 9.59 Å². The SMILES string of the molecule is NC(=O)C1(C(=O)N(c2ccccc2)c2ccc(N)cc2)CC1. The van der Waals surface area contributed by atoms with Gasteiger partial charge in [0.25, 0.3) is 0 Å². The summed E-state index contributed by atoms with van der Waals surface area (Å²) < 4.78 is 0. The first-order valence-corrected chi connectivity index (χ1v) is 7.10. The van der Waals surface area contributed by atoms with Crippen LogP contribution in [-0.4, -0.2) is 11.8 Å². The number of rotatable bonds is 4. The lowest BCUT2D eigenvalue weighted by Crippen LogP contribution is -2.41. The van der Waals surface area contributed by atoms with Gasteiger partial charge in [-0.15, -0.1) is 0 Å². The minimum Gasteiger partial charge on any atom is -0.399 e. The standard InChI is InChI=1S/C17H17N3O2/c18-12-6-8-14(9-7-12)20(13-4-2-1-3-5-13)16(22)17(10-11-17)15(19)21/h1-9H,10-11,18H2,(H2,19,21). The Hall–Kier alpha value is -2.82.